The van der Waals surface area contributed by atoms with Crippen molar-refractivity contribution in [3.8, 4) is 11.1 Å². The molecule has 0 bridgehead atoms. The molecule has 1 heterocycles. The van der Waals surface area contributed by atoms with Gasteiger partial charge in [-0.05, 0) is 41.3 Å². The summed E-state index contributed by atoms with van der Waals surface area (Å²) in [5.74, 6) is 0.510. The Kier molecular flexibility index (Phi) is 6.82. The van der Waals surface area contributed by atoms with E-state index in [1.165, 1.54) is 16.1 Å². The molecule has 1 fully saturated rings. The largest absolute Gasteiger partial charge is 0.297 e. The minimum atomic E-state index is -3.76. The molecule has 0 spiro atoms. The van der Waals surface area contributed by atoms with E-state index in [0.717, 1.165) is 16.7 Å². The number of ketones is 1. The Hall–Kier alpha value is -2.12. The third-order valence-electron chi connectivity index (χ3n) is 5.29. The molecular formula is C24H22ClNO3S2. The average Bonchev–Trinajstić information content (AvgIpc) is 3.30. The topological polar surface area (TPSA) is 54.5 Å². The van der Waals surface area contributed by atoms with Gasteiger partial charge >= 0.3 is 0 Å². The summed E-state index contributed by atoms with van der Waals surface area (Å²) in [6.45, 7) is 0.329. The van der Waals surface area contributed by atoms with Crippen LogP contribution in [0.5, 0.6) is 0 Å². The highest BCUT2D eigenvalue weighted by atomic mass is 35.5. The van der Waals surface area contributed by atoms with Crippen molar-refractivity contribution >= 4 is 39.2 Å². The Morgan fingerprint density at radius 3 is 2.29 bits per heavy atom. The SMILES string of the molecule is O=C(CCc1ccccc1Cl)C1SCCN1S(=O)(=O)c1ccc(-c2ccccc2)cc1. The molecule has 160 valence electrons. The number of hydrogen-bond acceptors (Lipinski definition) is 4. The monoisotopic (exact) mass is 471 g/mol. The molecule has 31 heavy (non-hydrogen) atoms. The van der Waals surface area contributed by atoms with Gasteiger partial charge < -0.3 is 0 Å². The van der Waals surface area contributed by atoms with E-state index < -0.39 is 15.4 Å². The van der Waals surface area contributed by atoms with Crippen LogP contribution in [0.1, 0.15) is 12.0 Å². The van der Waals surface area contributed by atoms with Crippen LogP contribution in [0.3, 0.4) is 0 Å². The van der Waals surface area contributed by atoms with Crippen molar-refractivity contribution in [3.63, 3.8) is 0 Å². The maximum Gasteiger partial charge on any atom is 0.244 e. The van der Waals surface area contributed by atoms with Crippen LogP contribution in [0.15, 0.2) is 83.8 Å². The van der Waals surface area contributed by atoms with Crippen LogP contribution in [0.25, 0.3) is 11.1 Å². The number of carbonyl (C=O) groups is 1. The number of halogens is 1. The lowest BCUT2D eigenvalue weighted by atomic mass is 10.1. The van der Waals surface area contributed by atoms with E-state index in [4.69, 9.17) is 11.6 Å². The summed E-state index contributed by atoms with van der Waals surface area (Å²) in [6, 6.07) is 24.0. The number of aryl methyl sites for hydroxylation is 1. The average molecular weight is 472 g/mol. The van der Waals surface area contributed by atoms with Crippen LogP contribution in [0, 0.1) is 0 Å². The molecule has 1 aliphatic heterocycles. The molecule has 0 aliphatic carbocycles. The lowest BCUT2D eigenvalue weighted by molar-refractivity contribution is -0.120. The Bertz CT molecular complexity index is 1160. The van der Waals surface area contributed by atoms with E-state index in [2.05, 4.69) is 0 Å². The number of hydrogen-bond donors (Lipinski definition) is 0. The molecule has 0 radical (unpaired) electrons. The van der Waals surface area contributed by atoms with E-state index in [1.54, 1.807) is 30.3 Å². The molecular weight excluding hydrogens is 450 g/mol. The van der Waals surface area contributed by atoms with Gasteiger partial charge in [0.1, 0.15) is 5.37 Å². The zero-order valence-corrected chi connectivity index (χ0v) is 19.2. The van der Waals surface area contributed by atoms with Gasteiger partial charge in [0.05, 0.1) is 4.90 Å². The van der Waals surface area contributed by atoms with Gasteiger partial charge in [-0.3, -0.25) is 4.79 Å². The number of Topliss-reactive ketones (excluding diaryl/α,β-unsaturated/α-hetero) is 1. The molecule has 1 unspecified atom stereocenters. The fourth-order valence-electron chi connectivity index (χ4n) is 3.62. The second-order valence-corrected chi connectivity index (χ2v) is 10.8. The number of nitrogens with zero attached hydrogens (tertiary/aromatic N) is 1. The van der Waals surface area contributed by atoms with Gasteiger partial charge in [-0.15, -0.1) is 11.8 Å². The van der Waals surface area contributed by atoms with Crippen molar-refractivity contribution in [1.29, 1.82) is 0 Å². The summed E-state index contributed by atoms with van der Waals surface area (Å²) < 4.78 is 27.9. The molecule has 4 nitrogen and oxygen atoms in total. The summed E-state index contributed by atoms with van der Waals surface area (Å²) in [4.78, 5) is 13.1. The second kappa shape index (κ2) is 9.57. The van der Waals surface area contributed by atoms with Gasteiger partial charge in [-0.2, -0.15) is 4.31 Å². The summed E-state index contributed by atoms with van der Waals surface area (Å²) >= 11 is 7.57. The van der Waals surface area contributed by atoms with Crippen molar-refractivity contribution in [3.05, 3.63) is 89.4 Å². The molecule has 0 N–H and O–H groups in total. The van der Waals surface area contributed by atoms with Crippen molar-refractivity contribution in [2.45, 2.75) is 23.1 Å². The predicted molar refractivity (Wildman–Crippen MR) is 127 cm³/mol. The highest BCUT2D eigenvalue weighted by Gasteiger charge is 2.39. The van der Waals surface area contributed by atoms with Crippen LogP contribution in [-0.2, 0) is 21.2 Å². The highest BCUT2D eigenvalue weighted by molar-refractivity contribution is 8.02. The van der Waals surface area contributed by atoms with Gasteiger partial charge in [0.2, 0.25) is 10.0 Å². The standard InChI is InChI=1S/C24H22ClNO3S2/c25-22-9-5-4-8-20(22)12-15-23(27)24-26(16-17-30-24)31(28,29)21-13-10-19(11-14-21)18-6-2-1-3-7-18/h1-11,13-14,24H,12,15-17H2. The Balaban J connectivity index is 1.49. The molecule has 1 aliphatic rings. The van der Waals surface area contributed by atoms with E-state index >= 15 is 0 Å². The van der Waals surface area contributed by atoms with Gasteiger partial charge in [0, 0.05) is 23.7 Å². The zero-order valence-electron chi connectivity index (χ0n) is 16.8. The maximum absolute atomic E-state index is 13.3. The third kappa shape index (κ3) is 4.88. The van der Waals surface area contributed by atoms with Crippen LogP contribution in [0.2, 0.25) is 5.02 Å². The highest BCUT2D eigenvalue weighted by Crippen LogP contribution is 2.32. The lowest BCUT2D eigenvalue weighted by Gasteiger charge is -2.22. The molecule has 7 heteroatoms. The number of carbonyl (C=O) groups excluding carboxylic acids is 1. The molecule has 3 aromatic rings. The number of rotatable bonds is 7. The summed E-state index contributed by atoms with van der Waals surface area (Å²) in [6.07, 6.45) is 0.746. The molecule has 4 rings (SSSR count). The van der Waals surface area contributed by atoms with E-state index in [1.807, 2.05) is 48.5 Å². The Morgan fingerprint density at radius 2 is 1.58 bits per heavy atom. The first-order valence-corrected chi connectivity index (χ1v) is 12.9. The van der Waals surface area contributed by atoms with E-state index in [0.29, 0.717) is 23.7 Å². The normalized spacial score (nSPS) is 17.0. The zero-order chi connectivity index (χ0) is 21.8. The molecule has 0 amide bonds. The maximum atomic E-state index is 13.3. The van der Waals surface area contributed by atoms with Gasteiger partial charge in [-0.1, -0.05) is 72.3 Å². The lowest BCUT2D eigenvalue weighted by Crippen LogP contribution is -2.39. The van der Waals surface area contributed by atoms with Crippen molar-refractivity contribution < 1.29 is 13.2 Å². The molecule has 1 atom stereocenters. The van der Waals surface area contributed by atoms with Crippen LogP contribution in [0.4, 0.5) is 0 Å². The van der Waals surface area contributed by atoms with E-state index in [-0.39, 0.29) is 17.1 Å². The predicted octanol–water partition coefficient (Wildman–Crippen LogP) is 5.27. The first-order chi connectivity index (χ1) is 15.0. The van der Waals surface area contributed by atoms with E-state index in [9.17, 15) is 13.2 Å². The first kappa shape index (κ1) is 22.1. The molecule has 0 aromatic heterocycles. The fraction of sp³-hybridized carbons (Fsp3) is 0.208. The molecule has 0 saturated carbocycles. The molecule has 1 saturated heterocycles. The Morgan fingerprint density at radius 1 is 0.935 bits per heavy atom. The number of sulfonamides is 1. The van der Waals surface area contributed by atoms with Crippen molar-refractivity contribution in [1.82, 2.24) is 4.31 Å². The number of thioether (sulfide) groups is 1. The molecule has 3 aromatic carbocycles. The van der Waals surface area contributed by atoms with Crippen LogP contribution in [-0.4, -0.2) is 36.2 Å². The third-order valence-corrected chi connectivity index (χ3v) is 8.92. The summed E-state index contributed by atoms with van der Waals surface area (Å²) in [5.41, 5.74) is 2.87. The quantitative estimate of drug-likeness (QED) is 0.471. The van der Waals surface area contributed by atoms with Crippen molar-refractivity contribution in [2.75, 3.05) is 12.3 Å². The van der Waals surface area contributed by atoms with Gasteiger partial charge in [0.15, 0.2) is 5.78 Å². The van der Waals surface area contributed by atoms with Gasteiger partial charge in [0.25, 0.3) is 0 Å². The minimum Gasteiger partial charge on any atom is -0.297 e. The van der Waals surface area contributed by atoms with Crippen LogP contribution >= 0.6 is 23.4 Å². The van der Waals surface area contributed by atoms with Gasteiger partial charge in [-0.25, -0.2) is 8.42 Å². The number of benzene rings is 3. The fourth-order valence-corrected chi connectivity index (χ4v) is 7.04. The smallest absolute Gasteiger partial charge is 0.244 e. The summed E-state index contributed by atoms with van der Waals surface area (Å²) in [7, 11) is -3.76. The second-order valence-electron chi connectivity index (χ2n) is 7.29. The Labute approximate surface area is 192 Å². The summed E-state index contributed by atoms with van der Waals surface area (Å²) in [5, 5.41) is -0.0707. The first-order valence-electron chi connectivity index (χ1n) is 10.0. The van der Waals surface area contributed by atoms with Crippen molar-refractivity contribution in [2.24, 2.45) is 0 Å². The van der Waals surface area contributed by atoms with Crippen LogP contribution < -0.4 is 0 Å². The minimum absolute atomic E-state index is 0.0908.